The fraction of sp³-hybridized carbons (Fsp3) is 0.804. The second-order valence-corrected chi connectivity index (χ2v) is 17.8. The topological polar surface area (TPSA) is 78.9 Å². The Hall–Kier alpha value is -2.63. The Balaban J connectivity index is 4.21. The highest BCUT2D eigenvalue weighted by atomic mass is 16.6. The van der Waals surface area contributed by atoms with Crippen molar-refractivity contribution >= 4 is 17.9 Å². The second kappa shape index (κ2) is 51.0. The third kappa shape index (κ3) is 48.4. The van der Waals surface area contributed by atoms with E-state index in [1.54, 1.807) is 0 Å². The summed E-state index contributed by atoms with van der Waals surface area (Å²) in [5.41, 5.74) is 0. The molecular formula is C56H100O6. The van der Waals surface area contributed by atoms with Gasteiger partial charge in [-0.1, -0.05) is 243 Å². The highest BCUT2D eigenvalue weighted by Crippen LogP contribution is 2.16. The zero-order valence-electron chi connectivity index (χ0n) is 41.1. The Kier molecular flexibility index (Phi) is 48.8. The predicted octanol–water partition coefficient (Wildman–Crippen LogP) is 17.5. The molecule has 6 heteroatoms. The molecule has 62 heavy (non-hydrogen) atoms. The Labute approximate surface area is 384 Å². The summed E-state index contributed by atoms with van der Waals surface area (Å²) in [6, 6.07) is 0. The van der Waals surface area contributed by atoms with Crippen LogP contribution < -0.4 is 0 Å². The minimum atomic E-state index is -0.768. The van der Waals surface area contributed by atoms with E-state index in [-0.39, 0.29) is 31.1 Å². The van der Waals surface area contributed by atoms with Crippen molar-refractivity contribution < 1.29 is 28.6 Å². The van der Waals surface area contributed by atoms with Gasteiger partial charge < -0.3 is 14.2 Å². The molecule has 0 radical (unpaired) electrons. The first kappa shape index (κ1) is 59.4. The fourth-order valence-electron chi connectivity index (χ4n) is 7.61. The maximum absolute atomic E-state index is 12.8. The van der Waals surface area contributed by atoms with Gasteiger partial charge in [0.25, 0.3) is 0 Å². The van der Waals surface area contributed by atoms with Gasteiger partial charge in [-0.2, -0.15) is 0 Å². The zero-order valence-corrected chi connectivity index (χ0v) is 41.1. The Morgan fingerprint density at radius 3 is 0.984 bits per heavy atom. The van der Waals surface area contributed by atoms with Crippen molar-refractivity contribution in [2.24, 2.45) is 0 Å². The summed E-state index contributed by atoms with van der Waals surface area (Å²) in [6.07, 6.45) is 61.0. The predicted molar refractivity (Wildman–Crippen MR) is 265 cm³/mol. The third-order valence-corrected chi connectivity index (χ3v) is 11.6. The number of unbranched alkanes of at least 4 members (excludes halogenated alkanes) is 29. The molecule has 0 heterocycles. The molecule has 1 unspecified atom stereocenters. The molecular weight excluding hydrogens is 769 g/mol. The molecule has 0 N–H and O–H groups in total. The summed E-state index contributed by atoms with van der Waals surface area (Å²) in [6.45, 7) is 6.52. The van der Waals surface area contributed by atoms with Gasteiger partial charge in [-0.25, -0.2) is 0 Å². The van der Waals surface area contributed by atoms with E-state index in [9.17, 15) is 14.4 Å². The van der Waals surface area contributed by atoms with Gasteiger partial charge in [-0.3, -0.25) is 14.4 Å². The summed E-state index contributed by atoms with van der Waals surface area (Å²) >= 11 is 0. The van der Waals surface area contributed by atoms with E-state index in [4.69, 9.17) is 14.2 Å². The van der Waals surface area contributed by atoms with Crippen LogP contribution in [0.15, 0.2) is 48.6 Å². The maximum atomic E-state index is 12.8. The average Bonchev–Trinajstić information content (AvgIpc) is 3.27. The first-order valence-electron chi connectivity index (χ1n) is 26.6. The molecule has 0 amide bonds. The summed E-state index contributed by atoms with van der Waals surface area (Å²) in [4.78, 5) is 37.9. The van der Waals surface area contributed by atoms with Gasteiger partial charge in [-0.15, -0.1) is 0 Å². The van der Waals surface area contributed by atoms with Crippen molar-refractivity contribution in [3.63, 3.8) is 0 Å². The van der Waals surface area contributed by atoms with Crippen LogP contribution in [-0.2, 0) is 28.6 Å². The lowest BCUT2D eigenvalue weighted by molar-refractivity contribution is -0.167. The first-order chi connectivity index (χ1) is 30.5. The van der Waals surface area contributed by atoms with Crippen molar-refractivity contribution in [1.29, 1.82) is 0 Å². The highest BCUT2D eigenvalue weighted by molar-refractivity contribution is 5.71. The number of carbonyl (C=O) groups excluding carboxylic acids is 3. The van der Waals surface area contributed by atoms with Crippen molar-refractivity contribution in [1.82, 2.24) is 0 Å². The lowest BCUT2D eigenvalue weighted by Crippen LogP contribution is -2.30. The first-order valence-corrected chi connectivity index (χ1v) is 26.6. The van der Waals surface area contributed by atoms with E-state index in [0.29, 0.717) is 19.3 Å². The van der Waals surface area contributed by atoms with Gasteiger partial charge in [0.05, 0.1) is 0 Å². The molecule has 0 aliphatic rings. The van der Waals surface area contributed by atoms with Gasteiger partial charge >= 0.3 is 17.9 Å². The SMILES string of the molecule is CC/C=C\C/C=C\C/C=C\C/C=C\CCCCCCCCCCCCC(=O)OCC(COC(=O)CCCCCCCCCCC)OC(=O)CCCCCCCCCCCCCC. The molecule has 0 fully saturated rings. The third-order valence-electron chi connectivity index (χ3n) is 11.6. The van der Waals surface area contributed by atoms with E-state index < -0.39 is 6.10 Å². The van der Waals surface area contributed by atoms with Crippen LogP contribution in [0.25, 0.3) is 0 Å². The van der Waals surface area contributed by atoms with Crippen LogP contribution in [0.2, 0.25) is 0 Å². The standard InChI is InChI=1S/C56H100O6/c1-4-7-10-13-16-19-21-23-24-25-26-27-28-29-30-31-32-33-35-37-40-43-46-49-55(58)61-52-53(51-60-54(57)48-45-42-39-36-18-15-12-9-6-3)62-56(59)50-47-44-41-38-34-22-20-17-14-11-8-5-2/h7,10,16,19,23-24,26-27,53H,4-6,8-9,11-15,17-18,20-22,25,28-52H2,1-3H3/b10-7-,19-16-,24-23-,27-26-. The van der Waals surface area contributed by atoms with Gasteiger partial charge in [0.2, 0.25) is 0 Å². The van der Waals surface area contributed by atoms with Crippen LogP contribution in [0, 0.1) is 0 Å². The van der Waals surface area contributed by atoms with E-state index in [1.807, 2.05) is 0 Å². The number of esters is 3. The van der Waals surface area contributed by atoms with Gasteiger partial charge in [0.1, 0.15) is 13.2 Å². The van der Waals surface area contributed by atoms with Crippen LogP contribution >= 0.6 is 0 Å². The fourth-order valence-corrected chi connectivity index (χ4v) is 7.61. The maximum Gasteiger partial charge on any atom is 0.306 e. The monoisotopic (exact) mass is 869 g/mol. The molecule has 0 saturated carbocycles. The number of hydrogen-bond acceptors (Lipinski definition) is 6. The molecule has 0 rings (SSSR count). The Morgan fingerprint density at radius 2 is 0.629 bits per heavy atom. The van der Waals surface area contributed by atoms with E-state index in [0.717, 1.165) is 83.5 Å². The van der Waals surface area contributed by atoms with Crippen LogP contribution in [0.1, 0.15) is 271 Å². The van der Waals surface area contributed by atoms with Crippen LogP contribution in [0.4, 0.5) is 0 Å². The van der Waals surface area contributed by atoms with Crippen molar-refractivity contribution in [2.75, 3.05) is 13.2 Å². The molecule has 0 saturated heterocycles. The summed E-state index contributed by atoms with van der Waals surface area (Å²) in [5, 5.41) is 0. The molecule has 0 aliphatic carbocycles. The number of ether oxygens (including phenoxy) is 3. The molecule has 0 aromatic heterocycles. The largest absolute Gasteiger partial charge is 0.462 e. The van der Waals surface area contributed by atoms with E-state index in [2.05, 4.69) is 69.4 Å². The number of allylic oxidation sites excluding steroid dienone is 8. The second-order valence-electron chi connectivity index (χ2n) is 17.8. The quantitative estimate of drug-likeness (QED) is 0.0262. The normalized spacial score (nSPS) is 12.4. The average molecular weight is 869 g/mol. The van der Waals surface area contributed by atoms with E-state index >= 15 is 0 Å². The molecule has 0 bridgehead atoms. The van der Waals surface area contributed by atoms with Crippen molar-refractivity contribution in [3.05, 3.63) is 48.6 Å². The van der Waals surface area contributed by atoms with E-state index in [1.165, 1.54) is 148 Å². The van der Waals surface area contributed by atoms with Gasteiger partial charge in [-0.05, 0) is 57.8 Å². The lowest BCUT2D eigenvalue weighted by atomic mass is 10.0. The van der Waals surface area contributed by atoms with Gasteiger partial charge in [0.15, 0.2) is 6.10 Å². The highest BCUT2D eigenvalue weighted by Gasteiger charge is 2.19. The Bertz CT molecular complexity index is 1090. The van der Waals surface area contributed by atoms with Crippen molar-refractivity contribution in [2.45, 2.75) is 277 Å². The molecule has 360 valence electrons. The summed E-state index contributed by atoms with van der Waals surface area (Å²) in [7, 11) is 0. The van der Waals surface area contributed by atoms with Crippen LogP contribution in [0.3, 0.4) is 0 Å². The molecule has 6 nitrogen and oxygen atoms in total. The molecule has 0 aromatic carbocycles. The lowest BCUT2D eigenvalue weighted by Gasteiger charge is -2.18. The van der Waals surface area contributed by atoms with Crippen LogP contribution in [0.5, 0.6) is 0 Å². The number of hydrogen-bond donors (Lipinski definition) is 0. The zero-order chi connectivity index (χ0) is 45.1. The summed E-state index contributed by atoms with van der Waals surface area (Å²) < 4.78 is 16.8. The molecule has 0 spiro atoms. The number of rotatable bonds is 48. The van der Waals surface area contributed by atoms with Crippen molar-refractivity contribution in [3.8, 4) is 0 Å². The van der Waals surface area contributed by atoms with Gasteiger partial charge in [0, 0.05) is 19.3 Å². The van der Waals surface area contributed by atoms with Crippen LogP contribution in [-0.4, -0.2) is 37.2 Å². The molecule has 0 aromatic rings. The summed E-state index contributed by atoms with van der Waals surface area (Å²) in [5.74, 6) is -0.868. The molecule has 1 atom stereocenters. The minimum Gasteiger partial charge on any atom is -0.462 e. The Morgan fingerprint density at radius 1 is 0.339 bits per heavy atom. The minimum absolute atomic E-state index is 0.0704. The molecule has 0 aliphatic heterocycles. The smallest absolute Gasteiger partial charge is 0.306 e. The number of carbonyl (C=O) groups is 3.